The smallest absolute Gasteiger partial charge is 0.327 e. The maximum absolute atomic E-state index is 11.6. The number of carbonyl (C=O) groups excluding carboxylic acids is 1. The van der Waals surface area contributed by atoms with Gasteiger partial charge < -0.3 is 10.4 Å². The van der Waals surface area contributed by atoms with Crippen molar-refractivity contribution in [2.45, 2.75) is 32.2 Å². The molecule has 0 fully saturated rings. The Balaban J connectivity index is 2.35. The second-order valence-corrected chi connectivity index (χ2v) is 4.79. The summed E-state index contributed by atoms with van der Waals surface area (Å²) in [7, 11) is 0. The Morgan fingerprint density at radius 2 is 2.05 bits per heavy atom. The Hall–Kier alpha value is -1.49. The number of nitrogens with one attached hydrogen (secondary N) is 1. The number of hydrogen-bond acceptors (Lipinski definition) is 3. The molecule has 0 saturated carbocycles. The minimum Gasteiger partial charge on any atom is -0.480 e. The van der Waals surface area contributed by atoms with Gasteiger partial charge in [-0.05, 0) is 30.9 Å². The molecule has 0 unspecified atom stereocenters. The SMILES string of the molecule is Cc1ccccc1CCCC(=O)N[C@@H](CS)C(=O)O. The molecule has 0 heterocycles. The highest BCUT2D eigenvalue weighted by Gasteiger charge is 2.17. The fourth-order valence-electron chi connectivity index (χ4n) is 1.78. The summed E-state index contributed by atoms with van der Waals surface area (Å²) >= 11 is 3.90. The maximum Gasteiger partial charge on any atom is 0.327 e. The van der Waals surface area contributed by atoms with Crippen molar-refractivity contribution in [3.8, 4) is 0 Å². The zero-order chi connectivity index (χ0) is 14.3. The lowest BCUT2D eigenvalue weighted by molar-refractivity contribution is -0.141. The van der Waals surface area contributed by atoms with Gasteiger partial charge in [0.25, 0.3) is 0 Å². The van der Waals surface area contributed by atoms with E-state index in [-0.39, 0.29) is 11.7 Å². The van der Waals surface area contributed by atoms with E-state index in [2.05, 4.69) is 17.9 Å². The summed E-state index contributed by atoms with van der Waals surface area (Å²) in [5, 5.41) is 11.3. The monoisotopic (exact) mass is 281 g/mol. The molecule has 0 aliphatic carbocycles. The maximum atomic E-state index is 11.6. The average Bonchev–Trinajstić information content (AvgIpc) is 2.38. The van der Waals surface area contributed by atoms with Crippen molar-refractivity contribution in [3.05, 3.63) is 35.4 Å². The first-order valence-electron chi connectivity index (χ1n) is 6.22. The van der Waals surface area contributed by atoms with Gasteiger partial charge >= 0.3 is 5.97 Å². The van der Waals surface area contributed by atoms with Crippen molar-refractivity contribution in [3.63, 3.8) is 0 Å². The molecule has 0 aliphatic heterocycles. The number of benzene rings is 1. The zero-order valence-electron chi connectivity index (χ0n) is 10.9. The van der Waals surface area contributed by atoms with Gasteiger partial charge in [-0.3, -0.25) is 4.79 Å². The first-order valence-corrected chi connectivity index (χ1v) is 6.85. The number of carboxylic acids is 1. The van der Waals surface area contributed by atoms with Gasteiger partial charge in [-0.25, -0.2) is 4.79 Å². The van der Waals surface area contributed by atoms with E-state index >= 15 is 0 Å². The topological polar surface area (TPSA) is 66.4 Å². The third-order valence-electron chi connectivity index (χ3n) is 2.93. The molecule has 0 radical (unpaired) electrons. The van der Waals surface area contributed by atoms with Crippen LogP contribution in [0.15, 0.2) is 24.3 Å². The molecule has 0 saturated heterocycles. The number of aryl methyl sites for hydroxylation is 2. The van der Waals surface area contributed by atoms with E-state index in [9.17, 15) is 9.59 Å². The van der Waals surface area contributed by atoms with Crippen LogP contribution in [0.2, 0.25) is 0 Å². The van der Waals surface area contributed by atoms with E-state index in [1.807, 2.05) is 31.2 Å². The molecule has 0 aromatic heterocycles. The highest BCUT2D eigenvalue weighted by molar-refractivity contribution is 7.80. The van der Waals surface area contributed by atoms with Crippen LogP contribution >= 0.6 is 12.6 Å². The minimum absolute atomic E-state index is 0.0961. The third-order valence-corrected chi connectivity index (χ3v) is 3.29. The Morgan fingerprint density at radius 3 is 2.63 bits per heavy atom. The largest absolute Gasteiger partial charge is 0.480 e. The van der Waals surface area contributed by atoms with Crippen LogP contribution in [-0.2, 0) is 16.0 Å². The molecule has 104 valence electrons. The predicted molar refractivity (Wildman–Crippen MR) is 77.5 cm³/mol. The number of carbonyl (C=O) groups is 2. The number of carboxylic acid groups (broad SMARTS) is 1. The first kappa shape index (κ1) is 15.6. The van der Waals surface area contributed by atoms with E-state index in [1.54, 1.807) is 0 Å². The third kappa shape index (κ3) is 5.34. The van der Waals surface area contributed by atoms with Crippen molar-refractivity contribution in [2.75, 3.05) is 5.75 Å². The van der Waals surface area contributed by atoms with E-state index in [4.69, 9.17) is 5.11 Å². The van der Waals surface area contributed by atoms with Gasteiger partial charge in [0.1, 0.15) is 6.04 Å². The Labute approximate surface area is 118 Å². The summed E-state index contributed by atoms with van der Waals surface area (Å²) in [5.41, 5.74) is 2.43. The molecular weight excluding hydrogens is 262 g/mol. The molecule has 1 aromatic rings. The number of amides is 1. The highest BCUT2D eigenvalue weighted by atomic mass is 32.1. The minimum atomic E-state index is -1.05. The van der Waals surface area contributed by atoms with Gasteiger partial charge in [-0.15, -0.1) is 0 Å². The summed E-state index contributed by atoms with van der Waals surface area (Å²) in [6.45, 7) is 2.04. The molecule has 0 spiro atoms. The first-order chi connectivity index (χ1) is 9.04. The van der Waals surface area contributed by atoms with Crippen molar-refractivity contribution >= 4 is 24.5 Å². The normalized spacial score (nSPS) is 11.9. The van der Waals surface area contributed by atoms with Crippen molar-refractivity contribution in [1.29, 1.82) is 0 Å². The van der Waals surface area contributed by atoms with Crippen molar-refractivity contribution in [2.24, 2.45) is 0 Å². The fourth-order valence-corrected chi connectivity index (χ4v) is 2.03. The van der Waals surface area contributed by atoms with Crippen LogP contribution in [0.3, 0.4) is 0 Å². The van der Waals surface area contributed by atoms with Crippen LogP contribution in [0.5, 0.6) is 0 Å². The van der Waals surface area contributed by atoms with Gasteiger partial charge in [-0.2, -0.15) is 12.6 Å². The summed E-state index contributed by atoms with van der Waals surface area (Å²) in [6.07, 6.45) is 1.85. The van der Waals surface area contributed by atoms with Gasteiger partial charge in [0.15, 0.2) is 0 Å². The zero-order valence-corrected chi connectivity index (χ0v) is 11.8. The Bertz CT molecular complexity index is 448. The van der Waals surface area contributed by atoms with Crippen molar-refractivity contribution in [1.82, 2.24) is 5.32 Å². The molecular formula is C14H19NO3S. The summed E-state index contributed by atoms with van der Waals surface area (Å²) < 4.78 is 0. The number of hydrogen-bond donors (Lipinski definition) is 3. The summed E-state index contributed by atoms with van der Waals surface area (Å²) in [4.78, 5) is 22.3. The van der Waals surface area contributed by atoms with Gasteiger partial charge in [-0.1, -0.05) is 24.3 Å². The number of rotatable bonds is 7. The van der Waals surface area contributed by atoms with E-state index in [1.165, 1.54) is 11.1 Å². The molecule has 1 aromatic carbocycles. The van der Waals surface area contributed by atoms with Gasteiger partial charge in [0.05, 0.1) is 0 Å². The van der Waals surface area contributed by atoms with E-state index < -0.39 is 12.0 Å². The molecule has 5 heteroatoms. The highest BCUT2D eigenvalue weighted by Crippen LogP contribution is 2.10. The van der Waals surface area contributed by atoms with Gasteiger partial charge in [0.2, 0.25) is 5.91 Å². The lowest BCUT2D eigenvalue weighted by Gasteiger charge is -2.11. The molecule has 1 rings (SSSR count). The molecule has 2 N–H and O–H groups in total. The average molecular weight is 281 g/mol. The van der Waals surface area contributed by atoms with Crippen molar-refractivity contribution < 1.29 is 14.7 Å². The number of thiol groups is 1. The molecule has 1 atom stereocenters. The second kappa shape index (κ2) is 7.84. The molecule has 0 bridgehead atoms. The van der Waals surface area contributed by atoms with Crippen LogP contribution in [0.1, 0.15) is 24.0 Å². The lowest BCUT2D eigenvalue weighted by atomic mass is 10.0. The fraction of sp³-hybridized carbons (Fsp3) is 0.429. The second-order valence-electron chi connectivity index (χ2n) is 4.42. The van der Waals surface area contributed by atoms with Gasteiger partial charge in [0, 0.05) is 12.2 Å². The van der Waals surface area contributed by atoms with Crippen LogP contribution in [0.4, 0.5) is 0 Å². The summed E-state index contributed by atoms with van der Waals surface area (Å²) in [5.74, 6) is -1.20. The van der Waals surface area contributed by atoms with E-state index in [0.29, 0.717) is 12.8 Å². The standard InChI is InChI=1S/C14H19NO3S/c1-10-5-2-3-6-11(10)7-4-8-13(16)15-12(9-19)14(17)18/h2-3,5-6,12,19H,4,7-9H2,1H3,(H,15,16)(H,17,18)/t12-/m0/s1. The molecule has 19 heavy (non-hydrogen) atoms. The predicted octanol–water partition coefficient (Wildman–Crippen LogP) is 1.82. The van der Waals surface area contributed by atoms with Crippen LogP contribution in [0, 0.1) is 6.92 Å². The molecule has 1 amide bonds. The lowest BCUT2D eigenvalue weighted by Crippen LogP contribution is -2.42. The number of aliphatic carboxylic acids is 1. The van der Waals surface area contributed by atoms with Crippen LogP contribution in [-0.4, -0.2) is 28.8 Å². The van der Waals surface area contributed by atoms with E-state index in [0.717, 1.165) is 6.42 Å². The molecule has 0 aliphatic rings. The van der Waals surface area contributed by atoms with Crippen LogP contribution in [0.25, 0.3) is 0 Å². The Morgan fingerprint density at radius 1 is 1.37 bits per heavy atom. The summed E-state index contributed by atoms with van der Waals surface area (Å²) in [6, 6.07) is 7.13. The molecule has 4 nitrogen and oxygen atoms in total. The Kier molecular flexibility index (Phi) is 6.42. The quantitative estimate of drug-likeness (QED) is 0.668. The van der Waals surface area contributed by atoms with Crippen LogP contribution < -0.4 is 5.32 Å².